The number of esters is 4. The third kappa shape index (κ3) is 79.7. The Hall–Kier alpha value is -6.36. The van der Waals surface area contributed by atoms with E-state index in [-0.39, 0.29) is 25.7 Å². The molecule has 0 rings (SSSR count). The number of allylic oxidation sites excluding steroid dienone is 34. The van der Waals surface area contributed by atoms with E-state index in [1.807, 2.05) is 30.4 Å². The summed E-state index contributed by atoms with van der Waals surface area (Å²) in [4.78, 5) is 73.1. The van der Waals surface area contributed by atoms with Crippen molar-refractivity contribution in [2.75, 3.05) is 39.6 Å². The topological polar surface area (TPSA) is 237 Å². The zero-order valence-corrected chi connectivity index (χ0v) is 69.6. The third-order valence-electron chi connectivity index (χ3n) is 16.2. The van der Waals surface area contributed by atoms with E-state index in [1.165, 1.54) is 19.3 Å². The van der Waals surface area contributed by atoms with Crippen molar-refractivity contribution >= 4 is 39.5 Å². The molecule has 5 unspecified atom stereocenters. The largest absolute Gasteiger partial charge is 0.472 e. The molecule has 19 heteroatoms. The zero-order chi connectivity index (χ0) is 80.3. The number of phosphoric ester groups is 2. The monoisotopic (exact) mass is 1570 g/mol. The first kappa shape index (κ1) is 104. The van der Waals surface area contributed by atoms with Gasteiger partial charge in [-0.3, -0.25) is 37.3 Å². The van der Waals surface area contributed by atoms with Gasteiger partial charge in [0.05, 0.1) is 26.4 Å². The van der Waals surface area contributed by atoms with Crippen LogP contribution in [0.15, 0.2) is 207 Å². The Kier molecular flexibility index (Phi) is 76.0. The normalized spacial score (nSPS) is 14.9. The lowest BCUT2D eigenvalue weighted by atomic mass is 10.1. The van der Waals surface area contributed by atoms with Gasteiger partial charge in [-0.05, 0) is 173 Å². The summed E-state index contributed by atoms with van der Waals surface area (Å²) in [6, 6.07) is 0. The van der Waals surface area contributed by atoms with Crippen molar-refractivity contribution in [3.63, 3.8) is 0 Å². The minimum Gasteiger partial charge on any atom is -0.462 e. The molecule has 0 aromatic carbocycles. The van der Waals surface area contributed by atoms with Crippen molar-refractivity contribution in [3.05, 3.63) is 207 Å². The van der Waals surface area contributed by atoms with Crippen molar-refractivity contribution in [3.8, 4) is 0 Å². The van der Waals surface area contributed by atoms with Gasteiger partial charge in [0.1, 0.15) is 19.3 Å². The van der Waals surface area contributed by atoms with E-state index in [4.69, 9.17) is 37.0 Å². The third-order valence-corrected chi connectivity index (χ3v) is 18.1. The van der Waals surface area contributed by atoms with Gasteiger partial charge in [0.15, 0.2) is 12.2 Å². The summed E-state index contributed by atoms with van der Waals surface area (Å²) in [5, 5.41) is 10.7. The van der Waals surface area contributed by atoms with Gasteiger partial charge >= 0.3 is 39.5 Å². The molecular formula is C91H144O17P2. The number of ether oxygens (including phenoxy) is 4. The number of carbonyl (C=O) groups is 4. The van der Waals surface area contributed by atoms with Gasteiger partial charge < -0.3 is 33.8 Å². The van der Waals surface area contributed by atoms with E-state index in [9.17, 15) is 43.2 Å². The van der Waals surface area contributed by atoms with Gasteiger partial charge in [-0.2, -0.15) is 0 Å². The summed E-state index contributed by atoms with van der Waals surface area (Å²) in [6.07, 6.45) is 101. The Morgan fingerprint density at radius 2 is 0.500 bits per heavy atom. The van der Waals surface area contributed by atoms with Crippen molar-refractivity contribution in [2.24, 2.45) is 0 Å². The van der Waals surface area contributed by atoms with Gasteiger partial charge in [-0.25, -0.2) is 9.13 Å². The zero-order valence-electron chi connectivity index (χ0n) is 67.8. The van der Waals surface area contributed by atoms with Crippen molar-refractivity contribution in [1.29, 1.82) is 0 Å². The van der Waals surface area contributed by atoms with E-state index in [0.717, 1.165) is 173 Å². The molecule has 0 spiro atoms. The molecule has 0 aliphatic rings. The Bertz CT molecular complexity index is 2900. The molecule has 0 aliphatic carbocycles. The molecule has 0 aromatic heterocycles. The molecule has 0 radical (unpaired) electrons. The van der Waals surface area contributed by atoms with Gasteiger partial charge in [-0.15, -0.1) is 0 Å². The number of aliphatic hydroxyl groups is 1. The van der Waals surface area contributed by atoms with Gasteiger partial charge in [0.2, 0.25) is 0 Å². The number of unbranched alkanes of at least 4 members (excludes halogenated alkanes) is 15. The molecule has 0 aromatic rings. The fourth-order valence-corrected chi connectivity index (χ4v) is 11.6. The van der Waals surface area contributed by atoms with Crippen molar-refractivity contribution in [1.82, 2.24) is 0 Å². The minimum absolute atomic E-state index is 0.00871. The van der Waals surface area contributed by atoms with Crippen molar-refractivity contribution < 1.29 is 80.2 Å². The lowest BCUT2D eigenvalue weighted by molar-refractivity contribution is -0.161. The van der Waals surface area contributed by atoms with E-state index >= 15 is 0 Å². The highest BCUT2D eigenvalue weighted by Crippen LogP contribution is 2.45. The Morgan fingerprint density at radius 3 is 0.818 bits per heavy atom. The van der Waals surface area contributed by atoms with Crippen LogP contribution in [0.1, 0.15) is 285 Å². The predicted octanol–water partition coefficient (Wildman–Crippen LogP) is 24.7. The van der Waals surface area contributed by atoms with Crippen LogP contribution in [-0.4, -0.2) is 96.7 Å². The number of rotatable bonds is 75. The second-order valence-electron chi connectivity index (χ2n) is 26.6. The van der Waals surface area contributed by atoms with E-state index in [0.29, 0.717) is 38.5 Å². The van der Waals surface area contributed by atoms with Crippen LogP contribution in [0, 0.1) is 0 Å². The van der Waals surface area contributed by atoms with Crippen LogP contribution in [0.5, 0.6) is 0 Å². The molecule has 0 saturated carbocycles. The number of aliphatic hydroxyl groups excluding tert-OH is 1. The molecule has 110 heavy (non-hydrogen) atoms. The van der Waals surface area contributed by atoms with Crippen LogP contribution in [0.2, 0.25) is 0 Å². The first-order valence-corrected chi connectivity index (χ1v) is 44.3. The number of hydrogen-bond donors (Lipinski definition) is 3. The molecule has 0 bridgehead atoms. The number of hydrogen-bond acceptors (Lipinski definition) is 15. The molecule has 620 valence electrons. The lowest BCUT2D eigenvalue weighted by Gasteiger charge is -2.21. The second-order valence-corrected chi connectivity index (χ2v) is 29.5. The predicted molar refractivity (Wildman–Crippen MR) is 454 cm³/mol. The number of carbonyl (C=O) groups excluding carboxylic acids is 4. The Morgan fingerprint density at radius 1 is 0.264 bits per heavy atom. The van der Waals surface area contributed by atoms with Crippen LogP contribution >= 0.6 is 15.6 Å². The summed E-state index contributed by atoms with van der Waals surface area (Å²) in [6.45, 7) is 4.30. The van der Waals surface area contributed by atoms with Gasteiger partial charge in [0, 0.05) is 25.7 Å². The fraction of sp³-hybridized carbons (Fsp3) is 0.582. The SMILES string of the molecule is CC/C=C\C/C=C\C/C=C\C/C=C\C/C=C\C/C=C\CCC(=O)OCC(COP(=O)(O)OCC(O)COP(=O)(O)OCC(COC(=O)CCCCCCCC/C=C\C/C=C\C/C=C\CCCCC)OC(=O)CCCCCCC/C=C\C/C=C\C/C=C\CC)OC(=O)CCC/C=C\C/C=C\C/C=C\C/C=C\C/C=C\CC. The fourth-order valence-electron chi connectivity index (χ4n) is 10.1. The minimum atomic E-state index is -5.03. The number of phosphoric acid groups is 2. The summed E-state index contributed by atoms with van der Waals surface area (Å²) in [5.74, 6) is -2.40. The Labute approximate surface area is 665 Å². The first-order chi connectivity index (χ1) is 53.7. The maximum absolute atomic E-state index is 13.1. The lowest BCUT2D eigenvalue weighted by Crippen LogP contribution is -2.30. The second kappa shape index (κ2) is 80.7. The highest BCUT2D eigenvalue weighted by Gasteiger charge is 2.30. The molecule has 0 saturated heterocycles. The maximum atomic E-state index is 13.1. The van der Waals surface area contributed by atoms with Crippen LogP contribution < -0.4 is 0 Å². The van der Waals surface area contributed by atoms with Crippen LogP contribution in [-0.2, 0) is 65.4 Å². The standard InChI is InChI=1S/C91H144O17P2/c1-5-9-13-17-21-25-29-33-37-40-42-45-48-51-55-59-63-67-71-75-88(93)101-81-86(107-90(95)77-73-69-65-61-57-53-47-36-32-28-24-20-16-12-8-4)83-105-109(97,98)103-79-85(92)80-104-110(99,100)106-84-87(108-91(96)78-74-70-66-62-58-54-50-44-39-35-31-27-23-19-15-11-7-3)82-102-89(94)76-72-68-64-60-56-52-49-46-43-41-38-34-30-26-22-18-14-10-6-2/h10-12,14-16,21-28,33-39,42-43,45-47,50,52,54,56,62,64,66,68,85-87,92H,5-9,13,17-20,29-32,40-41,44,48-49,51,53,55,57-61,63,65,67,69-84H2,1-4H3,(H,97,98)(H,99,100)/b14-10-,15-11-,16-12-,25-21-,26-22-,27-23-,28-24-,37-33-,38-34-,39-35-,45-42-,46-43-,47-36-,54-50-,56-52-,66-62-,68-64-. The smallest absolute Gasteiger partial charge is 0.462 e. The van der Waals surface area contributed by atoms with Crippen LogP contribution in [0.25, 0.3) is 0 Å². The first-order valence-electron chi connectivity index (χ1n) is 41.3. The van der Waals surface area contributed by atoms with Gasteiger partial charge in [-0.1, -0.05) is 292 Å². The maximum Gasteiger partial charge on any atom is 0.472 e. The van der Waals surface area contributed by atoms with Crippen LogP contribution in [0.4, 0.5) is 0 Å². The summed E-state index contributed by atoms with van der Waals surface area (Å²) in [7, 11) is -10.0. The van der Waals surface area contributed by atoms with E-state index < -0.39 is 97.5 Å². The van der Waals surface area contributed by atoms with E-state index in [1.54, 1.807) is 0 Å². The average Bonchev–Trinajstić information content (AvgIpc) is 0.906. The van der Waals surface area contributed by atoms with E-state index in [2.05, 4.69) is 204 Å². The average molecular weight is 1570 g/mol. The highest BCUT2D eigenvalue weighted by atomic mass is 31.2. The molecule has 0 fully saturated rings. The molecule has 3 N–H and O–H groups in total. The summed E-state index contributed by atoms with van der Waals surface area (Å²) >= 11 is 0. The highest BCUT2D eigenvalue weighted by molar-refractivity contribution is 7.47. The summed E-state index contributed by atoms with van der Waals surface area (Å²) in [5.41, 5.74) is 0. The molecule has 0 heterocycles. The summed E-state index contributed by atoms with van der Waals surface area (Å²) < 4.78 is 68.6. The van der Waals surface area contributed by atoms with Crippen molar-refractivity contribution in [2.45, 2.75) is 303 Å². The van der Waals surface area contributed by atoms with Crippen LogP contribution in [0.3, 0.4) is 0 Å². The Balaban J connectivity index is 5.53. The molecule has 0 amide bonds. The molecule has 0 aliphatic heterocycles. The molecule has 5 atom stereocenters. The quantitative estimate of drug-likeness (QED) is 0.0169. The molecule has 17 nitrogen and oxygen atoms in total. The molecular weight excluding hydrogens is 1430 g/mol. The van der Waals surface area contributed by atoms with Gasteiger partial charge in [0.25, 0.3) is 0 Å².